The number of hydrogen-bond donors (Lipinski definition) is 0. The molecular formula is C21H20. The van der Waals surface area contributed by atoms with Crippen molar-refractivity contribution in [2.24, 2.45) is 0 Å². The van der Waals surface area contributed by atoms with Crippen molar-refractivity contribution in [2.75, 3.05) is 0 Å². The molecule has 0 heterocycles. The standard InChI is InChI=1S/C21H20/c1-2-8-17-9-6-12-19(15-17)21-14-7-13-20(16-21)18-10-4-3-5-11-18/h3-7,9-16H,2,8H2,1H3. The first kappa shape index (κ1) is 13.6. The summed E-state index contributed by atoms with van der Waals surface area (Å²) in [6, 6.07) is 28.2. The van der Waals surface area contributed by atoms with Gasteiger partial charge in [-0.25, -0.2) is 0 Å². The average Bonchev–Trinajstić information content (AvgIpc) is 2.56. The second kappa shape index (κ2) is 6.41. The predicted octanol–water partition coefficient (Wildman–Crippen LogP) is 5.97. The lowest BCUT2D eigenvalue weighted by Gasteiger charge is -2.08. The van der Waals surface area contributed by atoms with E-state index in [0.29, 0.717) is 0 Å². The highest BCUT2D eigenvalue weighted by molar-refractivity contribution is 5.73. The van der Waals surface area contributed by atoms with Gasteiger partial charge in [-0.2, -0.15) is 0 Å². The third kappa shape index (κ3) is 3.22. The smallest absolute Gasteiger partial charge is 0.0178 e. The average molecular weight is 272 g/mol. The summed E-state index contributed by atoms with van der Waals surface area (Å²) >= 11 is 0. The molecule has 0 saturated heterocycles. The highest BCUT2D eigenvalue weighted by Crippen LogP contribution is 2.27. The van der Waals surface area contributed by atoms with Gasteiger partial charge >= 0.3 is 0 Å². The maximum absolute atomic E-state index is 2.31. The van der Waals surface area contributed by atoms with Crippen molar-refractivity contribution in [1.29, 1.82) is 0 Å². The monoisotopic (exact) mass is 272 g/mol. The molecule has 0 nitrogen and oxygen atoms in total. The number of aryl methyl sites for hydroxylation is 1. The molecule has 21 heavy (non-hydrogen) atoms. The second-order valence-electron chi connectivity index (χ2n) is 5.40. The lowest BCUT2D eigenvalue weighted by atomic mass is 9.97. The molecule has 0 aliphatic heterocycles. The first-order chi connectivity index (χ1) is 10.4. The van der Waals surface area contributed by atoms with Crippen LogP contribution in [0.1, 0.15) is 18.9 Å². The van der Waals surface area contributed by atoms with Crippen LogP contribution in [0.4, 0.5) is 0 Å². The zero-order valence-corrected chi connectivity index (χ0v) is 12.4. The van der Waals surface area contributed by atoms with Crippen LogP contribution < -0.4 is 0 Å². The van der Waals surface area contributed by atoms with Crippen LogP contribution in [-0.4, -0.2) is 0 Å². The molecule has 0 fully saturated rings. The predicted molar refractivity (Wildman–Crippen MR) is 91.3 cm³/mol. The van der Waals surface area contributed by atoms with E-state index < -0.39 is 0 Å². The topological polar surface area (TPSA) is 0 Å². The van der Waals surface area contributed by atoms with Crippen molar-refractivity contribution in [1.82, 2.24) is 0 Å². The molecule has 0 unspecified atom stereocenters. The summed E-state index contributed by atoms with van der Waals surface area (Å²) in [6.07, 6.45) is 2.33. The van der Waals surface area contributed by atoms with Crippen molar-refractivity contribution < 1.29 is 0 Å². The Labute approximate surface area is 127 Å². The van der Waals surface area contributed by atoms with Gasteiger partial charge in [0.1, 0.15) is 0 Å². The molecule has 0 radical (unpaired) electrons. The van der Waals surface area contributed by atoms with E-state index in [9.17, 15) is 0 Å². The lowest BCUT2D eigenvalue weighted by molar-refractivity contribution is 0.922. The highest BCUT2D eigenvalue weighted by atomic mass is 14.1. The Morgan fingerprint density at radius 3 is 1.86 bits per heavy atom. The number of rotatable bonds is 4. The van der Waals surface area contributed by atoms with Crippen LogP contribution in [-0.2, 0) is 6.42 Å². The quantitative estimate of drug-likeness (QED) is 0.548. The van der Waals surface area contributed by atoms with Crippen LogP contribution in [0.5, 0.6) is 0 Å². The molecule has 3 rings (SSSR count). The molecular weight excluding hydrogens is 252 g/mol. The van der Waals surface area contributed by atoms with E-state index in [2.05, 4.69) is 85.8 Å². The van der Waals surface area contributed by atoms with Crippen molar-refractivity contribution in [2.45, 2.75) is 19.8 Å². The van der Waals surface area contributed by atoms with Gasteiger partial charge in [0, 0.05) is 0 Å². The minimum absolute atomic E-state index is 1.15. The van der Waals surface area contributed by atoms with Gasteiger partial charge in [0.25, 0.3) is 0 Å². The summed E-state index contributed by atoms with van der Waals surface area (Å²) in [5.41, 5.74) is 6.55. The minimum Gasteiger partial charge on any atom is -0.0651 e. The maximum atomic E-state index is 2.31. The van der Waals surface area contributed by atoms with Crippen LogP contribution in [0.3, 0.4) is 0 Å². The van der Waals surface area contributed by atoms with E-state index in [1.54, 1.807) is 0 Å². The normalized spacial score (nSPS) is 10.5. The van der Waals surface area contributed by atoms with Gasteiger partial charge < -0.3 is 0 Å². The summed E-state index contributed by atoms with van der Waals surface area (Å²) in [7, 11) is 0. The number of benzene rings is 3. The first-order valence-corrected chi connectivity index (χ1v) is 7.61. The van der Waals surface area contributed by atoms with Gasteiger partial charge in [0.2, 0.25) is 0 Å². The van der Waals surface area contributed by atoms with Crippen LogP contribution in [0.2, 0.25) is 0 Å². The van der Waals surface area contributed by atoms with Crippen molar-refractivity contribution in [3.63, 3.8) is 0 Å². The van der Waals surface area contributed by atoms with Crippen molar-refractivity contribution in [3.05, 3.63) is 84.4 Å². The zero-order valence-electron chi connectivity index (χ0n) is 12.4. The Hall–Kier alpha value is -2.34. The van der Waals surface area contributed by atoms with Gasteiger partial charge in [0.15, 0.2) is 0 Å². The van der Waals surface area contributed by atoms with Crippen LogP contribution >= 0.6 is 0 Å². The molecule has 3 aromatic rings. The third-order valence-corrected chi connectivity index (χ3v) is 3.77. The molecule has 3 aromatic carbocycles. The molecule has 0 heteroatoms. The molecule has 0 atom stereocenters. The van der Waals surface area contributed by atoms with Crippen molar-refractivity contribution >= 4 is 0 Å². The van der Waals surface area contributed by atoms with Crippen LogP contribution in [0.25, 0.3) is 22.3 Å². The van der Waals surface area contributed by atoms with Crippen LogP contribution in [0, 0.1) is 0 Å². The molecule has 0 amide bonds. The summed E-state index contributed by atoms with van der Waals surface area (Å²) in [5, 5.41) is 0. The Kier molecular flexibility index (Phi) is 4.16. The Balaban J connectivity index is 1.98. The Bertz CT molecular complexity index is 711. The summed E-state index contributed by atoms with van der Waals surface area (Å²) < 4.78 is 0. The van der Waals surface area contributed by atoms with Gasteiger partial charge in [-0.3, -0.25) is 0 Å². The molecule has 0 spiro atoms. The van der Waals surface area contributed by atoms with E-state index in [1.807, 2.05) is 0 Å². The Morgan fingerprint density at radius 2 is 1.14 bits per heavy atom. The largest absolute Gasteiger partial charge is 0.0651 e. The first-order valence-electron chi connectivity index (χ1n) is 7.61. The fourth-order valence-electron chi connectivity index (χ4n) is 2.70. The molecule has 0 N–H and O–H groups in total. The highest BCUT2D eigenvalue weighted by Gasteiger charge is 2.02. The third-order valence-electron chi connectivity index (χ3n) is 3.77. The SMILES string of the molecule is CCCc1cccc(-c2cccc(-c3ccccc3)c2)c1. The Morgan fingerprint density at radius 1 is 0.571 bits per heavy atom. The van der Waals surface area contributed by atoms with Gasteiger partial charge in [-0.05, 0) is 40.3 Å². The fraction of sp³-hybridized carbons (Fsp3) is 0.143. The van der Waals surface area contributed by atoms with E-state index in [-0.39, 0.29) is 0 Å². The fourth-order valence-corrected chi connectivity index (χ4v) is 2.70. The van der Waals surface area contributed by atoms with E-state index in [1.165, 1.54) is 34.2 Å². The second-order valence-corrected chi connectivity index (χ2v) is 5.40. The summed E-state index contributed by atoms with van der Waals surface area (Å²) in [5.74, 6) is 0. The van der Waals surface area contributed by atoms with Crippen LogP contribution in [0.15, 0.2) is 78.9 Å². The molecule has 0 aliphatic carbocycles. The van der Waals surface area contributed by atoms with Gasteiger partial charge in [-0.15, -0.1) is 0 Å². The van der Waals surface area contributed by atoms with E-state index in [0.717, 1.165) is 6.42 Å². The van der Waals surface area contributed by atoms with Gasteiger partial charge in [-0.1, -0.05) is 86.1 Å². The molecule has 0 aromatic heterocycles. The van der Waals surface area contributed by atoms with E-state index in [4.69, 9.17) is 0 Å². The molecule has 0 bridgehead atoms. The van der Waals surface area contributed by atoms with E-state index >= 15 is 0 Å². The number of hydrogen-bond acceptors (Lipinski definition) is 0. The maximum Gasteiger partial charge on any atom is -0.0178 e. The molecule has 0 saturated carbocycles. The molecule has 104 valence electrons. The zero-order chi connectivity index (χ0) is 14.5. The van der Waals surface area contributed by atoms with Crippen molar-refractivity contribution in [3.8, 4) is 22.3 Å². The molecule has 0 aliphatic rings. The van der Waals surface area contributed by atoms with Gasteiger partial charge in [0.05, 0.1) is 0 Å². The summed E-state index contributed by atoms with van der Waals surface area (Å²) in [6.45, 7) is 2.22. The minimum atomic E-state index is 1.15. The summed E-state index contributed by atoms with van der Waals surface area (Å²) in [4.78, 5) is 0. The lowest BCUT2D eigenvalue weighted by Crippen LogP contribution is -1.85.